The fourth-order valence-electron chi connectivity index (χ4n) is 1.09. The van der Waals surface area contributed by atoms with Crippen molar-refractivity contribution in [1.82, 2.24) is 0 Å². The van der Waals surface area contributed by atoms with Gasteiger partial charge in [-0.2, -0.15) is 0 Å². The van der Waals surface area contributed by atoms with Crippen molar-refractivity contribution >= 4 is 0 Å². The van der Waals surface area contributed by atoms with Crippen LogP contribution in [0.4, 0.5) is 0 Å². The normalized spacial score (nSPS) is 10.0. The van der Waals surface area contributed by atoms with Crippen LogP contribution >= 0.6 is 0 Å². The van der Waals surface area contributed by atoms with Crippen LogP contribution in [0.2, 0.25) is 0 Å². The fourth-order valence-corrected chi connectivity index (χ4v) is 1.09. The summed E-state index contributed by atoms with van der Waals surface area (Å²) in [5.41, 5.74) is 3.10. The van der Waals surface area contributed by atoms with Crippen LogP contribution < -0.4 is 0 Å². The molecule has 0 aliphatic rings. The van der Waals surface area contributed by atoms with Crippen LogP contribution in [0.3, 0.4) is 0 Å². The van der Waals surface area contributed by atoms with Crippen molar-refractivity contribution in [3.8, 4) is 0 Å². The second-order valence-corrected chi connectivity index (χ2v) is 3.22. The van der Waals surface area contributed by atoms with Crippen LogP contribution in [0.15, 0.2) is 30.0 Å². The van der Waals surface area contributed by atoms with E-state index in [-0.39, 0.29) is 0 Å². The van der Waals surface area contributed by atoms with Gasteiger partial charge in [-0.15, -0.1) is 5.73 Å². The van der Waals surface area contributed by atoms with E-state index in [1.165, 1.54) is 32.1 Å². The van der Waals surface area contributed by atoms with Crippen molar-refractivity contribution in [2.45, 2.75) is 52.4 Å². The second-order valence-electron chi connectivity index (χ2n) is 3.22. The van der Waals surface area contributed by atoms with Crippen molar-refractivity contribution < 1.29 is 0 Å². The van der Waals surface area contributed by atoms with Gasteiger partial charge in [-0.25, -0.2) is 0 Å². The van der Waals surface area contributed by atoms with E-state index in [0.717, 1.165) is 6.42 Å². The first-order chi connectivity index (χ1) is 6.41. The Hall–Kier alpha value is -0.740. The van der Waals surface area contributed by atoms with E-state index >= 15 is 0 Å². The van der Waals surface area contributed by atoms with E-state index in [2.05, 4.69) is 31.7 Å². The van der Waals surface area contributed by atoms with Gasteiger partial charge in [0, 0.05) is 0 Å². The highest BCUT2D eigenvalue weighted by Gasteiger charge is 1.82. The number of hydrogen-bond donors (Lipinski definition) is 0. The molecule has 0 aromatic rings. The van der Waals surface area contributed by atoms with Gasteiger partial charge in [0.25, 0.3) is 0 Å². The summed E-state index contributed by atoms with van der Waals surface area (Å²) in [5, 5.41) is 0. The van der Waals surface area contributed by atoms with E-state index < -0.39 is 0 Å². The SMILES string of the molecule is CCC=C=CC=CCCCCCC. The van der Waals surface area contributed by atoms with Gasteiger partial charge in [-0.3, -0.25) is 0 Å². The van der Waals surface area contributed by atoms with Crippen molar-refractivity contribution in [2.75, 3.05) is 0 Å². The molecule has 0 unspecified atom stereocenters. The van der Waals surface area contributed by atoms with E-state index in [4.69, 9.17) is 0 Å². The maximum absolute atomic E-state index is 3.10. The lowest BCUT2D eigenvalue weighted by Crippen LogP contribution is -1.72. The average molecular weight is 178 g/mol. The summed E-state index contributed by atoms with van der Waals surface area (Å²) in [6, 6.07) is 0. The van der Waals surface area contributed by atoms with E-state index in [1.807, 2.05) is 12.2 Å². The molecule has 0 aliphatic heterocycles. The zero-order valence-corrected chi connectivity index (χ0v) is 9.05. The predicted molar refractivity (Wildman–Crippen MR) is 60.8 cm³/mol. The molecule has 0 radical (unpaired) electrons. The summed E-state index contributed by atoms with van der Waals surface area (Å²) >= 11 is 0. The van der Waals surface area contributed by atoms with Crippen LogP contribution in [0.25, 0.3) is 0 Å². The topological polar surface area (TPSA) is 0 Å². The van der Waals surface area contributed by atoms with Crippen LogP contribution in [-0.2, 0) is 0 Å². The molecule has 0 saturated heterocycles. The Morgan fingerprint density at radius 1 is 1.08 bits per heavy atom. The summed E-state index contributed by atoms with van der Waals surface area (Å²) in [6.07, 6.45) is 16.0. The van der Waals surface area contributed by atoms with Crippen molar-refractivity contribution in [1.29, 1.82) is 0 Å². The summed E-state index contributed by atoms with van der Waals surface area (Å²) in [5.74, 6) is 0. The molecule has 13 heavy (non-hydrogen) atoms. The summed E-state index contributed by atoms with van der Waals surface area (Å²) in [6.45, 7) is 4.36. The zero-order valence-electron chi connectivity index (χ0n) is 9.05. The monoisotopic (exact) mass is 178 g/mol. The highest BCUT2D eigenvalue weighted by molar-refractivity contribution is 5.01. The largest absolute Gasteiger partial charge is 0.125 e. The third-order valence-corrected chi connectivity index (χ3v) is 1.87. The molecule has 0 heterocycles. The van der Waals surface area contributed by atoms with Gasteiger partial charge in [0.05, 0.1) is 0 Å². The molecule has 0 spiro atoms. The van der Waals surface area contributed by atoms with Gasteiger partial charge in [0.15, 0.2) is 0 Å². The minimum atomic E-state index is 1.07. The maximum atomic E-state index is 3.10. The minimum absolute atomic E-state index is 1.07. The molecule has 0 nitrogen and oxygen atoms in total. The van der Waals surface area contributed by atoms with Gasteiger partial charge in [-0.05, 0) is 31.4 Å². The Labute approximate surface area is 83.0 Å². The highest BCUT2D eigenvalue weighted by Crippen LogP contribution is 2.02. The molecule has 0 aromatic carbocycles. The number of allylic oxidation sites excluding steroid dienone is 3. The molecule has 0 fully saturated rings. The lowest BCUT2D eigenvalue weighted by Gasteiger charge is -1.92. The second kappa shape index (κ2) is 11.3. The first-order valence-corrected chi connectivity index (χ1v) is 5.47. The molecule has 0 aliphatic carbocycles. The summed E-state index contributed by atoms with van der Waals surface area (Å²) in [7, 11) is 0. The molecule has 0 saturated carbocycles. The average Bonchev–Trinajstić information content (AvgIpc) is 2.16. The van der Waals surface area contributed by atoms with E-state index in [1.54, 1.807) is 0 Å². The predicted octanol–water partition coefficient (Wildman–Crippen LogP) is 4.63. The molecule has 74 valence electrons. The Kier molecular flexibility index (Phi) is 10.6. The Morgan fingerprint density at radius 2 is 1.92 bits per heavy atom. The number of hydrogen-bond acceptors (Lipinski definition) is 0. The van der Waals surface area contributed by atoms with Crippen LogP contribution in [-0.4, -0.2) is 0 Å². The Morgan fingerprint density at radius 3 is 2.62 bits per heavy atom. The first-order valence-electron chi connectivity index (χ1n) is 5.47. The van der Waals surface area contributed by atoms with Crippen LogP contribution in [0, 0.1) is 0 Å². The van der Waals surface area contributed by atoms with Crippen molar-refractivity contribution in [3.63, 3.8) is 0 Å². The van der Waals surface area contributed by atoms with Gasteiger partial charge >= 0.3 is 0 Å². The van der Waals surface area contributed by atoms with Gasteiger partial charge in [0.2, 0.25) is 0 Å². The lowest BCUT2D eigenvalue weighted by atomic mass is 10.1. The first kappa shape index (κ1) is 12.3. The third-order valence-electron chi connectivity index (χ3n) is 1.87. The molecular formula is C13H22. The molecule has 0 rings (SSSR count). The standard InChI is InChI=1S/C13H22/c1-3-5-7-9-11-13-12-10-8-6-4-2/h5,9,11,13H,3-4,6,8,10,12H2,1-2H3. The quantitative estimate of drug-likeness (QED) is 0.303. The van der Waals surface area contributed by atoms with Gasteiger partial charge in [0.1, 0.15) is 0 Å². The molecule has 0 bridgehead atoms. The van der Waals surface area contributed by atoms with E-state index in [0.29, 0.717) is 0 Å². The third kappa shape index (κ3) is 11.3. The van der Waals surface area contributed by atoms with Crippen LogP contribution in [0.5, 0.6) is 0 Å². The Balaban J connectivity index is 3.26. The van der Waals surface area contributed by atoms with Gasteiger partial charge in [-0.1, -0.05) is 45.3 Å². The lowest BCUT2D eigenvalue weighted by molar-refractivity contribution is 0.674. The maximum Gasteiger partial charge on any atom is -0.0206 e. The number of rotatable bonds is 7. The van der Waals surface area contributed by atoms with Crippen molar-refractivity contribution in [3.05, 3.63) is 30.0 Å². The van der Waals surface area contributed by atoms with Crippen LogP contribution in [0.1, 0.15) is 52.4 Å². The molecule has 0 aromatic heterocycles. The van der Waals surface area contributed by atoms with Crippen molar-refractivity contribution in [2.24, 2.45) is 0 Å². The van der Waals surface area contributed by atoms with Gasteiger partial charge < -0.3 is 0 Å². The van der Waals surface area contributed by atoms with E-state index in [9.17, 15) is 0 Å². The minimum Gasteiger partial charge on any atom is -0.125 e. The molecule has 0 heteroatoms. The highest BCUT2D eigenvalue weighted by atomic mass is 13.9. The number of unbranched alkanes of at least 4 members (excludes halogenated alkanes) is 4. The molecule has 0 N–H and O–H groups in total. The Bertz CT molecular complexity index is 168. The smallest absolute Gasteiger partial charge is 0.0206 e. The molecular weight excluding hydrogens is 156 g/mol. The summed E-state index contributed by atoms with van der Waals surface area (Å²) < 4.78 is 0. The summed E-state index contributed by atoms with van der Waals surface area (Å²) in [4.78, 5) is 0. The zero-order chi connectivity index (χ0) is 9.78. The molecule has 0 atom stereocenters. The fraction of sp³-hybridized carbons (Fsp3) is 0.615. The molecule has 0 amide bonds.